The molecule has 1 aromatic carbocycles. The van der Waals surface area contributed by atoms with Crippen LogP contribution >= 0.6 is 0 Å². The van der Waals surface area contributed by atoms with Crippen LogP contribution in [0.2, 0.25) is 0 Å². The first-order chi connectivity index (χ1) is 23.6. The van der Waals surface area contributed by atoms with Crippen LogP contribution in [-0.2, 0) is 44.8 Å². The zero-order chi connectivity index (χ0) is 37.1. The maximum Gasteiger partial charge on any atom is 0.326 e. The van der Waals surface area contributed by atoms with Crippen LogP contribution in [0.25, 0.3) is 0 Å². The number of amides is 7. The lowest BCUT2D eigenvalue weighted by atomic mass is 9.99. The molecule has 3 rings (SSSR count). The van der Waals surface area contributed by atoms with Crippen molar-refractivity contribution in [1.29, 1.82) is 0 Å². The number of rotatable bonds is 17. The van der Waals surface area contributed by atoms with Crippen LogP contribution in [0, 0.1) is 11.8 Å². The number of hydrogen-bond acceptors (Lipinski definition) is 8. The van der Waals surface area contributed by atoms with Crippen molar-refractivity contribution in [2.45, 2.75) is 109 Å². The number of primary amides is 1. The van der Waals surface area contributed by atoms with Gasteiger partial charge in [-0.1, -0.05) is 58.0 Å². The molecule has 7 amide bonds. The van der Waals surface area contributed by atoms with Crippen LogP contribution < -0.4 is 32.3 Å². The Hall–Kier alpha value is -5.02. The summed E-state index contributed by atoms with van der Waals surface area (Å²) >= 11 is 0. The molecule has 16 heteroatoms. The number of benzene rings is 1. The van der Waals surface area contributed by atoms with Crippen molar-refractivity contribution in [3.8, 4) is 0 Å². The van der Waals surface area contributed by atoms with Gasteiger partial charge in [0.25, 0.3) is 0 Å². The predicted molar refractivity (Wildman–Crippen MR) is 180 cm³/mol. The monoisotopic (exact) mass is 699 g/mol. The molecule has 6 atom stereocenters. The minimum Gasteiger partial charge on any atom is -0.480 e. The largest absolute Gasteiger partial charge is 0.480 e. The lowest BCUT2D eigenvalue weighted by molar-refractivity contribution is -0.143. The van der Waals surface area contributed by atoms with E-state index >= 15 is 0 Å². The maximum atomic E-state index is 13.7. The van der Waals surface area contributed by atoms with Crippen LogP contribution in [0.4, 0.5) is 0 Å². The molecule has 16 nitrogen and oxygen atoms in total. The Morgan fingerprint density at radius 1 is 0.860 bits per heavy atom. The van der Waals surface area contributed by atoms with Crippen LogP contribution in [0.3, 0.4) is 0 Å². The summed E-state index contributed by atoms with van der Waals surface area (Å²) in [6, 6.07) is 2.22. The Bertz CT molecular complexity index is 1440. The van der Waals surface area contributed by atoms with Gasteiger partial charge in [-0.15, -0.1) is 0 Å². The first kappa shape index (κ1) is 39.4. The second-order valence-electron chi connectivity index (χ2n) is 13.5. The van der Waals surface area contributed by atoms with Crippen LogP contribution in [0.15, 0.2) is 30.3 Å². The molecule has 0 aromatic heterocycles. The van der Waals surface area contributed by atoms with E-state index in [2.05, 4.69) is 26.6 Å². The van der Waals surface area contributed by atoms with Crippen molar-refractivity contribution in [2.75, 3.05) is 6.54 Å². The second-order valence-corrected chi connectivity index (χ2v) is 13.5. The molecule has 1 aromatic rings. The van der Waals surface area contributed by atoms with Gasteiger partial charge in [0.2, 0.25) is 41.4 Å². The summed E-state index contributed by atoms with van der Waals surface area (Å²) < 4.78 is 0. The molecule has 2 aliphatic rings. The van der Waals surface area contributed by atoms with Gasteiger partial charge in [-0.05, 0) is 43.1 Å². The van der Waals surface area contributed by atoms with Gasteiger partial charge in [0.1, 0.15) is 36.3 Å². The molecule has 274 valence electrons. The molecular formula is C34H49N7O9. The van der Waals surface area contributed by atoms with E-state index in [1.807, 2.05) is 0 Å². The summed E-state index contributed by atoms with van der Waals surface area (Å²) in [5, 5.41) is 22.7. The fourth-order valence-corrected chi connectivity index (χ4v) is 6.00. The third-order valence-corrected chi connectivity index (χ3v) is 8.84. The summed E-state index contributed by atoms with van der Waals surface area (Å²) in [7, 11) is 0. The summed E-state index contributed by atoms with van der Waals surface area (Å²) in [5.74, 6) is -6.43. The van der Waals surface area contributed by atoms with Gasteiger partial charge < -0.3 is 42.3 Å². The Balaban J connectivity index is 1.77. The van der Waals surface area contributed by atoms with Crippen LogP contribution in [-0.4, -0.2) is 100 Å². The molecule has 0 unspecified atom stereocenters. The third kappa shape index (κ3) is 11.0. The van der Waals surface area contributed by atoms with Gasteiger partial charge in [-0.3, -0.25) is 33.6 Å². The summed E-state index contributed by atoms with van der Waals surface area (Å²) in [6.07, 6.45) is 0.946. The normalized spacial score (nSPS) is 19.6. The molecule has 0 spiro atoms. The molecule has 50 heavy (non-hydrogen) atoms. The fourth-order valence-electron chi connectivity index (χ4n) is 6.00. The van der Waals surface area contributed by atoms with Crippen molar-refractivity contribution in [3.05, 3.63) is 35.9 Å². The van der Waals surface area contributed by atoms with Gasteiger partial charge in [0.05, 0.1) is 0 Å². The topological polar surface area (TPSA) is 246 Å². The van der Waals surface area contributed by atoms with E-state index in [0.29, 0.717) is 31.4 Å². The lowest BCUT2D eigenvalue weighted by Crippen LogP contribution is -2.60. The number of carboxylic acids is 1. The second kappa shape index (κ2) is 18.1. The Labute approximate surface area is 291 Å². The number of aliphatic carboxylic acids is 1. The quantitative estimate of drug-likeness (QED) is 0.106. The van der Waals surface area contributed by atoms with Gasteiger partial charge in [0.15, 0.2) is 0 Å². The number of nitrogens with one attached hydrogen (secondary N) is 5. The molecule has 2 aliphatic heterocycles. The highest BCUT2D eigenvalue weighted by Crippen LogP contribution is 2.21. The van der Waals surface area contributed by atoms with E-state index in [9.17, 15) is 43.5 Å². The summed E-state index contributed by atoms with van der Waals surface area (Å²) in [4.78, 5) is 104. The van der Waals surface area contributed by atoms with E-state index in [1.54, 1.807) is 58.0 Å². The highest BCUT2D eigenvalue weighted by atomic mass is 16.4. The number of nitrogens with zero attached hydrogens (tertiary/aromatic N) is 1. The number of carbonyl (C=O) groups is 8. The van der Waals surface area contributed by atoms with Crippen molar-refractivity contribution in [1.82, 2.24) is 31.5 Å². The number of hydrogen-bond donors (Lipinski definition) is 7. The average molecular weight is 700 g/mol. The van der Waals surface area contributed by atoms with Gasteiger partial charge in [0, 0.05) is 25.8 Å². The molecular weight excluding hydrogens is 650 g/mol. The molecule has 2 fully saturated rings. The van der Waals surface area contributed by atoms with Crippen molar-refractivity contribution in [3.63, 3.8) is 0 Å². The molecule has 0 bridgehead atoms. The van der Waals surface area contributed by atoms with E-state index in [4.69, 9.17) is 5.73 Å². The van der Waals surface area contributed by atoms with Crippen molar-refractivity contribution in [2.24, 2.45) is 17.6 Å². The minimum absolute atomic E-state index is 0.0278. The first-order valence-electron chi connectivity index (χ1n) is 16.9. The molecule has 8 N–H and O–H groups in total. The summed E-state index contributed by atoms with van der Waals surface area (Å²) in [5.41, 5.74) is 6.04. The highest BCUT2D eigenvalue weighted by molar-refractivity contribution is 5.97. The number of carboxylic acid groups (broad SMARTS) is 1. The number of likely N-dealkylation sites (tertiary alicyclic amines) is 1. The number of nitrogens with two attached hydrogens (primary N) is 1. The van der Waals surface area contributed by atoms with Crippen molar-refractivity contribution < 1.29 is 43.5 Å². The third-order valence-electron chi connectivity index (χ3n) is 8.84. The van der Waals surface area contributed by atoms with Gasteiger partial charge in [-0.2, -0.15) is 0 Å². The Morgan fingerprint density at radius 2 is 1.48 bits per heavy atom. The fraction of sp³-hybridized carbons (Fsp3) is 0.588. The SMILES string of the molecule is CC(C)[C@H](NC(=O)[C@H](Cc1ccccc1)NC(=O)[C@@H](NC(=O)[C@H](CCC(N)=O)NC(=O)[C@@H]1CCCN1C(=O)[C@@H]1CCC(=O)N1)C(C)C)C(=O)O. The Kier molecular flexibility index (Phi) is 14.3. The Morgan fingerprint density at radius 3 is 2.04 bits per heavy atom. The highest BCUT2D eigenvalue weighted by Gasteiger charge is 2.41. The standard InChI is InChI=1S/C34H49N7O9/c1-18(2)27(32(47)38-23(17-20-9-6-5-7-10-20)30(45)40-28(19(3)4)34(49)50)39-29(44)21(12-14-25(35)42)37-31(46)24-11-8-16-41(24)33(48)22-13-15-26(43)36-22/h5-7,9-10,18-19,21-24,27-28H,8,11-17H2,1-4H3,(H2,35,42)(H,36,43)(H,37,46)(H,38,47)(H,39,44)(H,40,45)(H,49,50)/t21-,22-,23-,24-,27-,28-/m0/s1. The zero-order valence-corrected chi connectivity index (χ0v) is 28.9. The number of carbonyl (C=O) groups excluding carboxylic acids is 7. The lowest BCUT2D eigenvalue weighted by Gasteiger charge is -2.30. The molecule has 2 saturated heterocycles. The first-order valence-corrected chi connectivity index (χ1v) is 16.9. The van der Waals surface area contributed by atoms with E-state index in [1.165, 1.54) is 4.90 Å². The molecule has 0 saturated carbocycles. The van der Waals surface area contributed by atoms with Gasteiger partial charge >= 0.3 is 5.97 Å². The van der Waals surface area contributed by atoms with Crippen molar-refractivity contribution >= 4 is 47.3 Å². The van der Waals surface area contributed by atoms with Crippen LogP contribution in [0.1, 0.15) is 71.8 Å². The van der Waals surface area contributed by atoms with E-state index in [-0.39, 0.29) is 37.5 Å². The zero-order valence-electron chi connectivity index (χ0n) is 28.9. The maximum absolute atomic E-state index is 13.7. The predicted octanol–water partition coefficient (Wildman–Crippen LogP) is -0.900. The molecule has 0 aliphatic carbocycles. The average Bonchev–Trinajstić information content (AvgIpc) is 3.73. The van der Waals surface area contributed by atoms with Crippen LogP contribution in [0.5, 0.6) is 0 Å². The molecule has 0 radical (unpaired) electrons. The molecule has 2 heterocycles. The summed E-state index contributed by atoms with van der Waals surface area (Å²) in [6.45, 7) is 6.89. The smallest absolute Gasteiger partial charge is 0.326 e. The van der Waals surface area contributed by atoms with E-state index in [0.717, 1.165) is 0 Å². The van der Waals surface area contributed by atoms with Gasteiger partial charge in [-0.25, -0.2) is 4.79 Å². The van der Waals surface area contributed by atoms with E-state index < -0.39 is 83.6 Å². The minimum atomic E-state index is -1.31.